The van der Waals surface area contributed by atoms with Gasteiger partial charge in [-0.05, 0) is 41.9 Å². The lowest BCUT2D eigenvalue weighted by molar-refractivity contribution is -0.0438. The van der Waals surface area contributed by atoms with Crippen molar-refractivity contribution in [3.63, 3.8) is 0 Å². The largest absolute Gasteiger partial charge is 0.516 e. The molecule has 0 heterocycles. The van der Waals surface area contributed by atoms with Crippen molar-refractivity contribution in [1.29, 1.82) is 0 Å². The maximum absolute atomic E-state index is 12.9. The molecule has 0 unspecified atom stereocenters. The third-order valence-electron chi connectivity index (χ3n) is 3.72. The van der Waals surface area contributed by atoms with E-state index in [-0.39, 0.29) is 23.6 Å². The maximum Gasteiger partial charge on any atom is 0.516 e. The summed E-state index contributed by atoms with van der Waals surface area (Å²) in [6, 6.07) is 6.26. The minimum atomic E-state index is -5.36. The summed E-state index contributed by atoms with van der Waals surface area (Å²) in [5.41, 5.74) is -4.43. The van der Waals surface area contributed by atoms with Crippen LogP contribution < -0.4 is 4.31 Å². The van der Waals surface area contributed by atoms with E-state index >= 15 is 0 Å². The number of benzene rings is 1. The van der Waals surface area contributed by atoms with Gasteiger partial charge in [-0.2, -0.15) is 21.6 Å². The monoisotopic (exact) mass is 335 g/mol. The molecule has 0 bridgehead atoms. The second-order valence-electron chi connectivity index (χ2n) is 6.72. The average molecular weight is 335 g/mol. The Labute approximate surface area is 129 Å². The predicted molar refractivity (Wildman–Crippen MR) is 80.2 cm³/mol. The second kappa shape index (κ2) is 5.44. The first-order valence-electron chi connectivity index (χ1n) is 7.12. The van der Waals surface area contributed by atoms with Gasteiger partial charge < -0.3 is 0 Å². The Kier molecular flexibility index (Phi) is 4.23. The standard InChI is InChI=1S/C15H20F3NO2S/c1-14(2,3)12-6-8-13(9-7-12)19(10-11-4-5-11)22(20,21)15(16,17)18/h6-9,11H,4-5,10H2,1-3H3. The van der Waals surface area contributed by atoms with Crippen LogP contribution in [0.1, 0.15) is 39.2 Å². The van der Waals surface area contributed by atoms with Crippen LogP contribution in [0.2, 0.25) is 0 Å². The molecule has 7 heteroatoms. The van der Waals surface area contributed by atoms with Crippen LogP contribution in [0.5, 0.6) is 0 Å². The van der Waals surface area contributed by atoms with Crippen LogP contribution >= 0.6 is 0 Å². The van der Waals surface area contributed by atoms with E-state index in [2.05, 4.69) is 0 Å². The molecule has 1 aliphatic carbocycles. The van der Waals surface area contributed by atoms with Crippen molar-refractivity contribution >= 4 is 15.7 Å². The first-order valence-corrected chi connectivity index (χ1v) is 8.56. The molecule has 1 fully saturated rings. The quantitative estimate of drug-likeness (QED) is 0.832. The van der Waals surface area contributed by atoms with E-state index in [0.717, 1.165) is 18.4 Å². The molecular weight excluding hydrogens is 315 g/mol. The Morgan fingerprint density at radius 2 is 1.59 bits per heavy atom. The van der Waals surface area contributed by atoms with Crippen LogP contribution in [0.4, 0.5) is 18.9 Å². The number of alkyl halides is 3. The minimum absolute atomic E-state index is 0.0133. The molecule has 0 atom stereocenters. The molecule has 124 valence electrons. The molecule has 0 saturated heterocycles. The van der Waals surface area contributed by atoms with Gasteiger partial charge in [0.2, 0.25) is 0 Å². The number of nitrogens with zero attached hydrogens (tertiary/aromatic N) is 1. The molecule has 2 rings (SSSR count). The van der Waals surface area contributed by atoms with Crippen molar-refractivity contribution in [2.24, 2.45) is 5.92 Å². The lowest BCUT2D eigenvalue weighted by atomic mass is 9.87. The highest BCUT2D eigenvalue weighted by Gasteiger charge is 2.51. The average Bonchev–Trinajstić information content (AvgIpc) is 3.17. The van der Waals surface area contributed by atoms with Gasteiger partial charge in [-0.15, -0.1) is 0 Å². The van der Waals surface area contributed by atoms with Gasteiger partial charge in [0, 0.05) is 6.54 Å². The molecule has 1 saturated carbocycles. The highest BCUT2D eigenvalue weighted by Crippen LogP contribution is 2.37. The molecule has 1 aliphatic rings. The molecule has 22 heavy (non-hydrogen) atoms. The third-order valence-corrected chi connectivity index (χ3v) is 5.25. The molecule has 0 radical (unpaired) electrons. The van der Waals surface area contributed by atoms with Gasteiger partial charge in [0.25, 0.3) is 0 Å². The van der Waals surface area contributed by atoms with Gasteiger partial charge in [0.15, 0.2) is 0 Å². The fraction of sp³-hybridized carbons (Fsp3) is 0.600. The van der Waals surface area contributed by atoms with E-state index in [1.807, 2.05) is 20.8 Å². The van der Waals surface area contributed by atoms with Gasteiger partial charge in [-0.1, -0.05) is 32.9 Å². The number of hydrogen-bond acceptors (Lipinski definition) is 2. The summed E-state index contributed by atoms with van der Waals surface area (Å²) in [6.07, 6.45) is 1.54. The van der Waals surface area contributed by atoms with E-state index in [1.165, 1.54) is 12.1 Å². The summed E-state index contributed by atoms with van der Waals surface area (Å²) < 4.78 is 62.7. The van der Waals surface area contributed by atoms with Gasteiger partial charge in [0.1, 0.15) is 0 Å². The summed E-state index contributed by atoms with van der Waals surface area (Å²) in [6.45, 7) is 5.83. The van der Waals surface area contributed by atoms with Gasteiger partial charge in [-0.3, -0.25) is 4.31 Å². The Morgan fingerprint density at radius 3 is 1.95 bits per heavy atom. The lowest BCUT2D eigenvalue weighted by Crippen LogP contribution is -2.42. The summed E-state index contributed by atoms with van der Waals surface area (Å²) >= 11 is 0. The molecule has 0 amide bonds. The first-order chi connectivity index (χ1) is 9.93. The van der Waals surface area contributed by atoms with Crippen molar-refractivity contribution in [1.82, 2.24) is 0 Å². The van der Waals surface area contributed by atoms with E-state index in [4.69, 9.17) is 0 Å². The smallest absolute Gasteiger partial charge is 0.262 e. The summed E-state index contributed by atoms with van der Waals surface area (Å²) in [5.74, 6) is 0.0133. The molecule has 0 N–H and O–H groups in total. The Bertz CT molecular complexity index is 626. The predicted octanol–water partition coefficient (Wildman–Crippen LogP) is 4.05. The number of halogens is 3. The molecule has 0 aliphatic heterocycles. The molecule has 1 aromatic rings. The Hall–Kier alpha value is -1.24. The fourth-order valence-corrected chi connectivity index (χ4v) is 3.19. The lowest BCUT2D eigenvalue weighted by Gasteiger charge is -2.26. The third kappa shape index (κ3) is 3.56. The van der Waals surface area contributed by atoms with Crippen molar-refractivity contribution in [3.8, 4) is 0 Å². The van der Waals surface area contributed by atoms with Crippen molar-refractivity contribution < 1.29 is 21.6 Å². The molecular formula is C15H20F3NO2S. The van der Waals surface area contributed by atoms with Crippen molar-refractivity contribution in [2.75, 3.05) is 10.8 Å². The van der Waals surface area contributed by atoms with Crippen LogP contribution in [-0.4, -0.2) is 20.5 Å². The van der Waals surface area contributed by atoms with Crippen LogP contribution in [0.25, 0.3) is 0 Å². The van der Waals surface area contributed by atoms with Crippen LogP contribution in [0.15, 0.2) is 24.3 Å². The molecule has 0 aromatic heterocycles. The molecule has 0 spiro atoms. The van der Waals surface area contributed by atoms with Gasteiger partial charge >= 0.3 is 15.5 Å². The van der Waals surface area contributed by atoms with Gasteiger partial charge in [-0.25, -0.2) is 0 Å². The Balaban J connectivity index is 2.38. The van der Waals surface area contributed by atoms with Crippen LogP contribution in [0, 0.1) is 5.92 Å². The minimum Gasteiger partial charge on any atom is -0.262 e. The van der Waals surface area contributed by atoms with E-state index in [0.29, 0.717) is 4.31 Å². The van der Waals surface area contributed by atoms with Crippen LogP contribution in [0.3, 0.4) is 0 Å². The van der Waals surface area contributed by atoms with Gasteiger partial charge in [0.05, 0.1) is 5.69 Å². The van der Waals surface area contributed by atoms with E-state index < -0.39 is 15.5 Å². The zero-order chi connectivity index (χ0) is 16.8. The number of anilines is 1. The van der Waals surface area contributed by atoms with Crippen molar-refractivity contribution in [3.05, 3.63) is 29.8 Å². The summed E-state index contributed by atoms with van der Waals surface area (Å²) in [4.78, 5) is 0. The Morgan fingerprint density at radius 1 is 1.09 bits per heavy atom. The van der Waals surface area contributed by atoms with Crippen molar-refractivity contribution in [2.45, 2.75) is 44.5 Å². The SMILES string of the molecule is CC(C)(C)c1ccc(N(CC2CC2)S(=O)(=O)C(F)(F)F)cc1. The number of rotatable bonds is 4. The normalized spacial score (nSPS) is 16.6. The second-order valence-corrected chi connectivity index (χ2v) is 8.58. The topological polar surface area (TPSA) is 37.4 Å². The van der Waals surface area contributed by atoms with Crippen LogP contribution in [-0.2, 0) is 15.4 Å². The first kappa shape index (κ1) is 17.1. The fourth-order valence-electron chi connectivity index (χ4n) is 2.13. The maximum atomic E-state index is 12.9. The molecule has 1 aromatic carbocycles. The zero-order valence-corrected chi connectivity index (χ0v) is 13.6. The number of sulfonamides is 1. The molecule has 3 nitrogen and oxygen atoms in total. The van der Waals surface area contributed by atoms with E-state index in [1.54, 1.807) is 12.1 Å². The summed E-state index contributed by atoms with van der Waals surface area (Å²) in [7, 11) is -5.36. The summed E-state index contributed by atoms with van der Waals surface area (Å²) in [5, 5.41) is 0. The zero-order valence-electron chi connectivity index (χ0n) is 12.8. The number of hydrogen-bond donors (Lipinski definition) is 0. The van der Waals surface area contributed by atoms with E-state index in [9.17, 15) is 21.6 Å². The highest BCUT2D eigenvalue weighted by atomic mass is 32.2. The highest BCUT2D eigenvalue weighted by molar-refractivity contribution is 7.93.